The van der Waals surface area contributed by atoms with Gasteiger partial charge < -0.3 is 9.84 Å². The van der Waals surface area contributed by atoms with Gasteiger partial charge >= 0.3 is 0 Å². The van der Waals surface area contributed by atoms with E-state index in [9.17, 15) is 5.11 Å². The van der Waals surface area contributed by atoms with Gasteiger partial charge in [0.15, 0.2) is 0 Å². The van der Waals surface area contributed by atoms with Crippen LogP contribution in [0.4, 0.5) is 0 Å². The SMILES string of the molecule is Cc1cccc(OCC(O)CSc2nnnn2-c2c(C)cccc2C)c1. The summed E-state index contributed by atoms with van der Waals surface area (Å²) in [6.45, 7) is 6.29. The van der Waals surface area contributed by atoms with Crippen LogP contribution in [0.15, 0.2) is 47.6 Å². The summed E-state index contributed by atoms with van der Waals surface area (Å²) >= 11 is 1.41. The number of rotatable bonds is 7. The number of ether oxygens (including phenoxy) is 1. The van der Waals surface area contributed by atoms with Crippen LogP contribution in [0.3, 0.4) is 0 Å². The molecule has 7 heteroatoms. The van der Waals surface area contributed by atoms with E-state index in [0.29, 0.717) is 10.9 Å². The molecule has 26 heavy (non-hydrogen) atoms. The second-order valence-corrected chi connectivity index (χ2v) is 7.19. The van der Waals surface area contributed by atoms with Crippen LogP contribution in [0, 0.1) is 20.8 Å². The van der Waals surface area contributed by atoms with Crippen LogP contribution >= 0.6 is 11.8 Å². The van der Waals surface area contributed by atoms with Gasteiger partial charge in [0.05, 0.1) is 11.8 Å². The minimum atomic E-state index is -0.622. The number of tetrazole rings is 1. The number of benzene rings is 2. The number of hydrogen-bond donors (Lipinski definition) is 1. The van der Waals surface area contributed by atoms with Crippen molar-refractivity contribution in [3.05, 3.63) is 59.2 Å². The molecule has 0 aliphatic heterocycles. The van der Waals surface area contributed by atoms with Gasteiger partial charge in [-0.05, 0) is 60.0 Å². The van der Waals surface area contributed by atoms with E-state index < -0.39 is 6.10 Å². The van der Waals surface area contributed by atoms with Crippen molar-refractivity contribution in [3.8, 4) is 11.4 Å². The highest BCUT2D eigenvalue weighted by atomic mass is 32.2. The van der Waals surface area contributed by atoms with Crippen LogP contribution in [0.1, 0.15) is 16.7 Å². The molecule has 0 radical (unpaired) electrons. The molecular weight excluding hydrogens is 348 g/mol. The summed E-state index contributed by atoms with van der Waals surface area (Å²) in [5, 5.41) is 22.9. The third kappa shape index (κ3) is 4.42. The maximum atomic E-state index is 10.2. The third-order valence-corrected chi connectivity index (χ3v) is 4.99. The zero-order valence-corrected chi connectivity index (χ0v) is 15.9. The summed E-state index contributed by atoms with van der Waals surface area (Å²) in [7, 11) is 0. The summed E-state index contributed by atoms with van der Waals surface area (Å²) < 4.78 is 7.38. The minimum absolute atomic E-state index is 0.224. The Kier molecular flexibility index (Phi) is 5.90. The molecule has 1 unspecified atom stereocenters. The largest absolute Gasteiger partial charge is 0.491 e. The molecule has 0 aliphatic carbocycles. The topological polar surface area (TPSA) is 73.1 Å². The molecule has 0 spiro atoms. The third-order valence-electron chi connectivity index (χ3n) is 3.93. The molecule has 6 nitrogen and oxygen atoms in total. The predicted octanol–water partition coefficient (Wildman–Crippen LogP) is 3.12. The quantitative estimate of drug-likeness (QED) is 0.644. The first kappa shape index (κ1) is 18.4. The fourth-order valence-electron chi connectivity index (χ4n) is 2.67. The Labute approximate surface area is 157 Å². The number of para-hydroxylation sites is 1. The van der Waals surface area contributed by atoms with Gasteiger partial charge in [-0.3, -0.25) is 0 Å². The van der Waals surface area contributed by atoms with Gasteiger partial charge in [-0.25, -0.2) is 0 Å². The van der Waals surface area contributed by atoms with Gasteiger partial charge in [0.1, 0.15) is 12.4 Å². The molecule has 1 aromatic heterocycles. The summed E-state index contributed by atoms with van der Waals surface area (Å²) in [6.07, 6.45) is -0.622. The highest BCUT2D eigenvalue weighted by Gasteiger charge is 2.15. The van der Waals surface area contributed by atoms with E-state index in [1.165, 1.54) is 11.8 Å². The molecule has 3 aromatic rings. The molecule has 0 amide bonds. The molecule has 1 N–H and O–H groups in total. The van der Waals surface area contributed by atoms with Crippen LogP contribution < -0.4 is 4.74 Å². The number of aromatic nitrogens is 4. The molecular formula is C19H22N4O2S. The van der Waals surface area contributed by atoms with Gasteiger partial charge in [-0.15, -0.1) is 5.10 Å². The highest BCUT2D eigenvalue weighted by molar-refractivity contribution is 7.99. The van der Waals surface area contributed by atoms with E-state index in [4.69, 9.17) is 4.74 Å². The van der Waals surface area contributed by atoms with Crippen molar-refractivity contribution in [2.45, 2.75) is 32.0 Å². The smallest absolute Gasteiger partial charge is 0.214 e. The predicted molar refractivity (Wildman–Crippen MR) is 102 cm³/mol. The maximum Gasteiger partial charge on any atom is 0.214 e. The van der Waals surface area contributed by atoms with Crippen molar-refractivity contribution in [2.24, 2.45) is 0 Å². The van der Waals surface area contributed by atoms with Crippen molar-refractivity contribution in [1.29, 1.82) is 0 Å². The van der Waals surface area contributed by atoms with E-state index in [2.05, 4.69) is 15.5 Å². The first-order valence-electron chi connectivity index (χ1n) is 8.40. The van der Waals surface area contributed by atoms with Gasteiger partial charge in [0.25, 0.3) is 0 Å². The fraction of sp³-hybridized carbons (Fsp3) is 0.316. The van der Waals surface area contributed by atoms with Gasteiger partial charge in [-0.1, -0.05) is 42.1 Å². The number of aliphatic hydroxyl groups is 1. The van der Waals surface area contributed by atoms with Crippen molar-refractivity contribution < 1.29 is 9.84 Å². The Morgan fingerprint density at radius 2 is 1.85 bits per heavy atom. The van der Waals surface area contributed by atoms with Gasteiger partial charge in [0, 0.05) is 5.75 Å². The van der Waals surface area contributed by atoms with Crippen molar-refractivity contribution in [2.75, 3.05) is 12.4 Å². The number of thioether (sulfide) groups is 1. The number of aryl methyl sites for hydroxylation is 3. The number of hydrogen-bond acceptors (Lipinski definition) is 6. The Bertz CT molecular complexity index is 861. The zero-order chi connectivity index (χ0) is 18.5. The van der Waals surface area contributed by atoms with E-state index in [1.807, 2.05) is 63.2 Å². The summed E-state index contributed by atoms with van der Waals surface area (Å²) in [5.74, 6) is 1.20. The van der Waals surface area contributed by atoms with Crippen molar-refractivity contribution in [3.63, 3.8) is 0 Å². The van der Waals surface area contributed by atoms with Gasteiger partial charge in [-0.2, -0.15) is 4.68 Å². The van der Waals surface area contributed by atoms with E-state index in [0.717, 1.165) is 28.1 Å². The summed E-state index contributed by atoms with van der Waals surface area (Å²) in [5.41, 5.74) is 4.30. The minimum Gasteiger partial charge on any atom is -0.491 e. The Morgan fingerprint density at radius 3 is 2.58 bits per heavy atom. The molecule has 2 aromatic carbocycles. The number of aliphatic hydroxyl groups excluding tert-OH is 1. The maximum absolute atomic E-state index is 10.2. The highest BCUT2D eigenvalue weighted by Crippen LogP contribution is 2.24. The lowest BCUT2D eigenvalue weighted by molar-refractivity contribution is 0.126. The first-order chi connectivity index (χ1) is 12.5. The lowest BCUT2D eigenvalue weighted by atomic mass is 10.1. The van der Waals surface area contributed by atoms with E-state index in [1.54, 1.807) is 4.68 Å². The lowest BCUT2D eigenvalue weighted by Crippen LogP contribution is -2.20. The first-order valence-corrected chi connectivity index (χ1v) is 9.38. The summed E-state index contributed by atoms with van der Waals surface area (Å²) in [6, 6.07) is 13.8. The monoisotopic (exact) mass is 370 g/mol. The normalized spacial score (nSPS) is 12.2. The lowest BCUT2D eigenvalue weighted by Gasteiger charge is -2.13. The molecule has 0 bridgehead atoms. The zero-order valence-electron chi connectivity index (χ0n) is 15.1. The number of nitrogens with zero attached hydrogens (tertiary/aromatic N) is 4. The average molecular weight is 370 g/mol. The fourth-order valence-corrected chi connectivity index (χ4v) is 3.45. The van der Waals surface area contributed by atoms with Crippen molar-refractivity contribution in [1.82, 2.24) is 20.2 Å². The molecule has 0 fully saturated rings. The molecule has 136 valence electrons. The Hall–Kier alpha value is -2.38. The molecule has 3 rings (SSSR count). The van der Waals surface area contributed by atoms with Crippen LogP contribution in [0.25, 0.3) is 5.69 Å². The standard InChI is InChI=1S/C19H22N4O2S/c1-13-6-4-9-17(10-13)25-11-16(24)12-26-19-20-21-22-23(19)18-14(2)7-5-8-15(18)3/h4-10,16,24H,11-12H2,1-3H3. The molecule has 0 saturated carbocycles. The molecule has 0 aliphatic rings. The Morgan fingerprint density at radius 1 is 1.12 bits per heavy atom. The second-order valence-electron chi connectivity index (χ2n) is 6.21. The van der Waals surface area contributed by atoms with Crippen molar-refractivity contribution >= 4 is 11.8 Å². The summed E-state index contributed by atoms with van der Waals surface area (Å²) in [4.78, 5) is 0. The van der Waals surface area contributed by atoms with Gasteiger partial charge in [0.2, 0.25) is 5.16 Å². The van der Waals surface area contributed by atoms with Crippen LogP contribution in [0.2, 0.25) is 0 Å². The second kappa shape index (κ2) is 8.33. The average Bonchev–Trinajstić information content (AvgIpc) is 3.06. The molecule has 1 atom stereocenters. The van der Waals surface area contributed by atoms with E-state index in [-0.39, 0.29) is 6.61 Å². The van der Waals surface area contributed by atoms with Crippen LogP contribution in [-0.2, 0) is 0 Å². The van der Waals surface area contributed by atoms with Crippen LogP contribution in [-0.4, -0.2) is 43.8 Å². The Balaban J connectivity index is 1.61. The molecule has 0 saturated heterocycles. The molecule has 1 heterocycles. The van der Waals surface area contributed by atoms with Crippen LogP contribution in [0.5, 0.6) is 5.75 Å². The van der Waals surface area contributed by atoms with E-state index >= 15 is 0 Å².